The number of aromatic nitrogens is 2. The van der Waals surface area contributed by atoms with Crippen LogP contribution in [0, 0.1) is 0 Å². The maximum atomic E-state index is 5.25. The Balaban J connectivity index is 1.44. The van der Waals surface area contributed by atoms with E-state index in [0.29, 0.717) is 6.04 Å². The highest BCUT2D eigenvalue weighted by Crippen LogP contribution is 2.30. The lowest BCUT2D eigenvalue weighted by molar-refractivity contribution is 0.245. The molecule has 1 saturated carbocycles. The van der Waals surface area contributed by atoms with Crippen molar-refractivity contribution in [2.75, 3.05) is 7.11 Å². The fourth-order valence-electron chi connectivity index (χ4n) is 3.13. The number of nitrogens with zero attached hydrogens (tertiary/aromatic N) is 3. The van der Waals surface area contributed by atoms with E-state index in [0.717, 1.165) is 24.5 Å². The second-order valence-corrected chi connectivity index (χ2v) is 6.60. The van der Waals surface area contributed by atoms with Gasteiger partial charge in [-0.2, -0.15) is 5.10 Å². The predicted octanol–water partition coefficient (Wildman–Crippen LogP) is 4.05. The molecule has 0 bridgehead atoms. The standard InChI is InChI=1S/C21H23N3O/c1-25-21-11-5-18(6-12-21)16-23(19-9-10-19)15-17-3-7-20(8-4-17)24-14-2-13-22-24/h2-8,11-14,19H,9-10,15-16H2,1H3. The first-order chi connectivity index (χ1) is 12.3. The van der Waals surface area contributed by atoms with Gasteiger partial charge in [0, 0.05) is 31.5 Å². The summed E-state index contributed by atoms with van der Waals surface area (Å²) in [5.41, 5.74) is 3.78. The summed E-state index contributed by atoms with van der Waals surface area (Å²) in [5, 5.41) is 4.28. The Labute approximate surface area is 148 Å². The van der Waals surface area contributed by atoms with Crippen molar-refractivity contribution in [1.29, 1.82) is 0 Å². The molecule has 2 aromatic carbocycles. The van der Waals surface area contributed by atoms with Crippen molar-refractivity contribution in [2.45, 2.75) is 32.0 Å². The van der Waals surface area contributed by atoms with E-state index in [4.69, 9.17) is 4.74 Å². The lowest BCUT2D eigenvalue weighted by Gasteiger charge is -2.22. The summed E-state index contributed by atoms with van der Waals surface area (Å²) in [6.07, 6.45) is 6.38. The van der Waals surface area contributed by atoms with Crippen LogP contribution in [0.25, 0.3) is 5.69 Å². The molecule has 4 heteroatoms. The molecule has 0 spiro atoms. The van der Waals surface area contributed by atoms with Gasteiger partial charge in [0.1, 0.15) is 5.75 Å². The number of hydrogen-bond acceptors (Lipinski definition) is 3. The smallest absolute Gasteiger partial charge is 0.118 e. The largest absolute Gasteiger partial charge is 0.497 e. The normalized spacial score (nSPS) is 14.0. The number of benzene rings is 2. The molecule has 25 heavy (non-hydrogen) atoms. The van der Waals surface area contributed by atoms with Crippen molar-refractivity contribution in [3.8, 4) is 11.4 Å². The molecule has 0 amide bonds. The zero-order valence-corrected chi connectivity index (χ0v) is 14.5. The molecule has 1 aromatic heterocycles. The second kappa shape index (κ2) is 7.11. The van der Waals surface area contributed by atoms with Gasteiger partial charge < -0.3 is 4.74 Å². The van der Waals surface area contributed by atoms with E-state index in [9.17, 15) is 0 Å². The van der Waals surface area contributed by atoms with Crippen LogP contribution in [-0.2, 0) is 13.1 Å². The Hall–Kier alpha value is -2.59. The second-order valence-electron chi connectivity index (χ2n) is 6.60. The van der Waals surface area contributed by atoms with Crippen LogP contribution in [0.1, 0.15) is 24.0 Å². The fraction of sp³-hybridized carbons (Fsp3) is 0.286. The highest BCUT2D eigenvalue weighted by molar-refractivity contribution is 5.34. The van der Waals surface area contributed by atoms with Crippen LogP contribution in [-0.4, -0.2) is 27.8 Å². The summed E-state index contributed by atoms with van der Waals surface area (Å²) >= 11 is 0. The molecule has 1 aliphatic rings. The molecular weight excluding hydrogens is 310 g/mol. The van der Waals surface area contributed by atoms with Crippen LogP contribution in [0.3, 0.4) is 0 Å². The van der Waals surface area contributed by atoms with Gasteiger partial charge in [0.15, 0.2) is 0 Å². The fourth-order valence-corrected chi connectivity index (χ4v) is 3.13. The third kappa shape index (κ3) is 3.91. The Morgan fingerprint density at radius 1 is 1.00 bits per heavy atom. The lowest BCUT2D eigenvalue weighted by atomic mass is 10.1. The number of hydrogen-bond donors (Lipinski definition) is 0. The van der Waals surface area contributed by atoms with Crippen molar-refractivity contribution in [2.24, 2.45) is 0 Å². The summed E-state index contributed by atoms with van der Waals surface area (Å²) < 4.78 is 7.14. The van der Waals surface area contributed by atoms with E-state index < -0.39 is 0 Å². The third-order valence-corrected chi connectivity index (χ3v) is 4.70. The van der Waals surface area contributed by atoms with Crippen LogP contribution in [0.5, 0.6) is 5.75 Å². The van der Waals surface area contributed by atoms with Crippen molar-refractivity contribution < 1.29 is 4.74 Å². The zero-order chi connectivity index (χ0) is 17.1. The SMILES string of the molecule is COc1ccc(CN(Cc2ccc(-n3cccn3)cc2)C2CC2)cc1. The molecule has 128 valence electrons. The van der Waals surface area contributed by atoms with Gasteiger partial charge in [-0.15, -0.1) is 0 Å². The molecule has 0 aliphatic heterocycles. The summed E-state index contributed by atoms with van der Waals surface area (Å²) in [6, 6.07) is 19.8. The van der Waals surface area contributed by atoms with Crippen LogP contribution in [0.15, 0.2) is 67.0 Å². The Bertz CT molecular complexity index is 790. The molecule has 0 saturated heterocycles. The Kier molecular flexibility index (Phi) is 4.53. The lowest BCUT2D eigenvalue weighted by Crippen LogP contribution is -2.25. The van der Waals surface area contributed by atoms with E-state index in [1.54, 1.807) is 13.3 Å². The molecule has 4 rings (SSSR count). The van der Waals surface area contributed by atoms with Crippen molar-refractivity contribution in [3.63, 3.8) is 0 Å². The first-order valence-corrected chi connectivity index (χ1v) is 8.78. The van der Waals surface area contributed by atoms with Crippen molar-refractivity contribution in [1.82, 2.24) is 14.7 Å². The van der Waals surface area contributed by atoms with E-state index >= 15 is 0 Å². The van der Waals surface area contributed by atoms with Gasteiger partial charge in [0.05, 0.1) is 12.8 Å². The topological polar surface area (TPSA) is 30.3 Å². The molecule has 0 N–H and O–H groups in total. The van der Waals surface area contributed by atoms with Crippen LogP contribution >= 0.6 is 0 Å². The minimum Gasteiger partial charge on any atom is -0.497 e. The van der Waals surface area contributed by atoms with Gasteiger partial charge in [-0.05, 0) is 54.3 Å². The monoisotopic (exact) mass is 333 g/mol. The van der Waals surface area contributed by atoms with E-state index in [1.807, 2.05) is 29.1 Å². The van der Waals surface area contributed by atoms with Crippen LogP contribution < -0.4 is 4.74 Å². The van der Waals surface area contributed by atoms with Gasteiger partial charge in [0.2, 0.25) is 0 Å². The average Bonchev–Trinajstić information content (AvgIpc) is 3.37. The van der Waals surface area contributed by atoms with Gasteiger partial charge in [-0.1, -0.05) is 24.3 Å². The van der Waals surface area contributed by atoms with Gasteiger partial charge in [-0.25, -0.2) is 4.68 Å². The highest BCUT2D eigenvalue weighted by atomic mass is 16.5. The Morgan fingerprint density at radius 3 is 2.16 bits per heavy atom. The highest BCUT2D eigenvalue weighted by Gasteiger charge is 2.28. The minimum atomic E-state index is 0.716. The number of methoxy groups -OCH3 is 1. The molecule has 4 nitrogen and oxygen atoms in total. The maximum Gasteiger partial charge on any atom is 0.118 e. The zero-order valence-electron chi connectivity index (χ0n) is 14.5. The van der Waals surface area contributed by atoms with E-state index in [1.165, 1.54) is 24.0 Å². The molecule has 1 aliphatic carbocycles. The van der Waals surface area contributed by atoms with Gasteiger partial charge in [0.25, 0.3) is 0 Å². The number of ether oxygens (including phenoxy) is 1. The van der Waals surface area contributed by atoms with Crippen LogP contribution in [0.4, 0.5) is 0 Å². The summed E-state index contributed by atoms with van der Waals surface area (Å²) in [4.78, 5) is 2.57. The minimum absolute atomic E-state index is 0.716. The summed E-state index contributed by atoms with van der Waals surface area (Å²) in [6.45, 7) is 1.96. The Morgan fingerprint density at radius 2 is 1.64 bits per heavy atom. The van der Waals surface area contributed by atoms with Crippen molar-refractivity contribution >= 4 is 0 Å². The van der Waals surface area contributed by atoms with E-state index in [2.05, 4.69) is 46.4 Å². The molecule has 0 radical (unpaired) electrons. The van der Waals surface area contributed by atoms with Crippen LogP contribution in [0.2, 0.25) is 0 Å². The summed E-state index contributed by atoms with van der Waals surface area (Å²) in [5.74, 6) is 0.913. The molecule has 3 aromatic rings. The van der Waals surface area contributed by atoms with E-state index in [-0.39, 0.29) is 0 Å². The average molecular weight is 333 g/mol. The summed E-state index contributed by atoms with van der Waals surface area (Å²) in [7, 11) is 1.71. The first kappa shape index (κ1) is 15.9. The van der Waals surface area contributed by atoms with Gasteiger partial charge in [-0.3, -0.25) is 4.90 Å². The van der Waals surface area contributed by atoms with Gasteiger partial charge >= 0.3 is 0 Å². The molecular formula is C21H23N3O. The maximum absolute atomic E-state index is 5.25. The molecule has 1 heterocycles. The predicted molar refractivity (Wildman–Crippen MR) is 98.8 cm³/mol. The molecule has 0 atom stereocenters. The quantitative estimate of drug-likeness (QED) is 0.653. The van der Waals surface area contributed by atoms with Crippen molar-refractivity contribution in [3.05, 3.63) is 78.1 Å². The molecule has 1 fully saturated rings. The third-order valence-electron chi connectivity index (χ3n) is 4.70. The molecule has 0 unspecified atom stereocenters. The number of rotatable bonds is 7. The first-order valence-electron chi connectivity index (χ1n) is 8.78.